The molecule has 0 N–H and O–H groups in total. The lowest BCUT2D eigenvalue weighted by molar-refractivity contribution is 0.980. The van der Waals surface area contributed by atoms with E-state index in [9.17, 15) is 0 Å². The third kappa shape index (κ3) is 2.28. The summed E-state index contributed by atoms with van der Waals surface area (Å²) >= 11 is 18.5. The Kier molecular flexibility index (Phi) is 3.63. The highest BCUT2D eigenvalue weighted by molar-refractivity contribution is 6.32. The van der Waals surface area contributed by atoms with Crippen molar-refractivity contribution in [2.24, 2.45) is 0 Å². The van der Waals surface area contributed by atoms with Crippen molar-refractivity contribution in [3.8, 4) is 5.69 Å². The van der Waals surface area contributed by atoms with Crippen molar-refractivity contribution in [2.45, 2.75) is 12.8 Å². The largest absolute Gasteiger partial charge is 0.294 e. The van der Waals surface area contributed by atoms with E-state index in [1.165, 1.54) is 0 Å². The summed E-state index contributed by atoms with van der Waals surface area (Å²) in [6.07, 6.45) is 0. The molecule has 0 aliphatic rings. The van der Waals surface area contributed by atoms with E-state index in [0.29, 0.717) is 15.9 Å². The third-order valence-electron chi connectivity index (χ3n) is 3.15. The number of imidazole rings is 1. The first-order valence-corrected chi connectivity index (χ1v) is 7.38. The number of aryl methyl sites for hydroxylation is 1. The molecule has 0 aliphatic heterocycles. The molecular weight excluding hydrogens is 315 g/mol. The molecule has 0 amide bonds. The first-order chi connectivity index (χ1) is 9.60. The minimum Gasteiger partial charge on any atom is -0.294 e. The highest BCUT2D eigenvalue weighted by Gasteiger charge is 2.14. The molecular formula is C15H11Cl3N2. The van der Waals surface area contributed by atoms with Crippen molar-refractivity contribution in [1.29, 1.82) is 0 Å². The van der Waals surface area contributed by atoms with Gasteiger partial charge < -0.3 is 0 Å². The lowest BCUT2D eigenvalue weighted by Gasteiger charge is -2.11. The number of hydrogen-bond acceptors (Lipinski definition) is 1. The molecule has 0 saturated carbocycles. The summed E-state index contributed by atoms with van der Waals surface area (Å²) in [5, 5.41) is 1.31. The lowest BCUT2D eigenvalue weighted by Crippen LogP contribution is -2.00. The molecule has 0 aliphatic carbocycles. The fourth-order valence-electron chi connectivity index (χ4n) is 2.25. The second-order valence-electron chi connectivity index (χ2n) is 4.58. The van der Waals surface area contributed by atoms with Gasteiger partial charge in [-0.25, -0.2) is 4.98 Å². The summed E-state index contributed by atoms with van der Waals surface area (Å²) in [4.78, 5) is 4.53. The summed E-state index contributed by atoms with van der Waals surface area (Å²) in [6.45, 7) is 2.02. The van der Waals surface area contributed by atoms with Gasteiger partial charge in [0.25, 0.3) is 0 Å². The average molecular weight is 326 g/mol. The molecule has 0 radical (unpaired) electrons. The number of alkyl halides is 1. The minimum atomic E-state index is 0.302. The Morgan fingerprint density at radius 3 is 2.65 bits per heavy atom. The topological polar surface area (TPSA) is 17.8 Å². The molecule has 20 heavy (non-hydrogen) atoms. The number of benzene rings is 2. The van der Waals surface area contributed by atoms with E-state index in [-0.39, 0.29) is 0 Å². The number of aromatic nitrogens is 2. The highest BCUT2D eigenvalue weighted by atomic mass is 35.5. The fourth-order valence-corrected chi connectivity index (χ4v) is 2.80. The van der Waals surface area contributed by atoms with Gasteiger partial charge >= 0.3 is 0 Å². The normalized spacial score (nSPS) is 11.2. The Balaban J connectivity index is 2.39. The Morgan fingerprint density at radius 1 is 1.10 bits per heavy atom. The van der Waals surface area contributed by atoms with Crippen LogP contribution >= 0.6 is 34.8 Å². The summed E-state index contributed by atoms with van der Waals surface area (Å²) < 4.78 is 1.96. The van der Waals surface area contributed by atoms with Gasteiger partial charge in [0.2, 0.25) is 0 Å². The van der Waals surface area contributed by atoms with Crippen LogP contribution in [0.3, 0.4) is 0 Å². The standard InChI is InChI=1S/C15H11Cl3N2/c1-9-2-4-11(18)13(6-9)20-14-7-10(17)3-5-12(14)19-15(20)8-16/h2-7H,8H2,1H3. The van der Waals surface area contributed by atoms with Gasteiger partial charge in [-0.2, -0.15) is 0 Å². The van der Waals surface area contributed by atoms with E-state index < -0.39 is 0 Å². The smallest absolute Gasteiger partial charge is 0.129 e. The van der Waals surface area contributed by atoms with E-state index in [0.717, 1.165) is 28.1 Å². The molecule has 102 valence electrons. The lowest BCUT2D eigenvalue weighted by atomic mass is 10.2. The van der Waals surface area contributed by atoms with Crippen LogP contribution in [0.5, 0.6) is 0 Å². The number of fused-ring (bicyclic) bond motifs is 1. The molecule has 2 aromatic carbocycles. The van der Waals surface area contributed by atoms with Crippen LogP contribution < -0.4 is 0 Å². The van der Waals surface area contributed by atoms with Gasteiger partial charge in [0.1, 0.15) is 5.82 Å². The van der Waals surface area contributed by atoms with Crippen molar-refractivity contribution < 1.29 is 0 Å². The number of hydrogen-bond donors (Lipinski definition) is 0. The van der Waals surface area contributed by atoms with Crippen LogP contribution in [0.1, 0.15) is 11.4 Å². The van der Waals surface area contributed by atoms with E-state index >= 15 is 0 Å². The van der Waals surface area contributed by atoms with Crippen molar-refractivity contribution in [1.82, 2.24) is 9.55 Å². The summed E-state index contributed by atoms with van der Waals surface area (Å²) in [6, 6.07) is 11.4. The maximum atomic E-state index is 6.33. The van der Waals surface area contributed by atoms with Crippen molar-refractivity contribution >= 4 is 45.8 Å². The zero-order chi connectivity index (χ0) is 14.3. The summed E-state index contributed by atoms with van der Waals surface area (Å²) in [5.41, 5.74) is 3.74. The SMILES string of the molecule is Cc1ccc(Cl)c(-n2c(CCl)nc3ccc(Cl)cc32)c1. The van der Waals surface area contributed by atoms with Crippen molar-refractivity contribution in [3.05, 3.63) is 57.8 Å². The van der Waals surface area contributed by atoms with E-state index in [1.807, 2.05) is 47.9 Å². The number of nitrogens with zero attached hydrogens (tertiary/aromatic N) is 2. The molecule has 0 saturated heterocycles. The van der Waals surface area contributed by atoms with Crippen LogP contribution in [-0.4, -0.2) is 9.55 Å². The number of halogens is 3. The molecule has 0 atom stereocenters. The molecule has 3 rings (SSSR count). The predicted molar refractivity (Wildman–Crippen MR) is 85.4 cm³/mol. The Labute approximate surface area is 131 Å². The van der Waals surface area contributed by atoms with E-state index in [2.05, 4.69) is 4.98 Å². The Bertz CT molecular complexity index is 793. The first-order valence-electron chi connectivity index (χ1n) is 6.09. The molecule has 3 aromatic rings. The van der Waals surface area contributed by atoms with Gasteiger partial charge in [-0.3, -0.25) is 4.57 Å². The average Bonchev–Trinajstić information content (AvgIpc) is 2.79. The quantitative estimate of drug-likeness (QED) is 0.578. The molecule has 1 aromatic heterocycles. The molecule has 2 nitrogen and oxygen atoms in total. The Morgan fingerprint density at radius 2 is 1.90 bits per heavy atom. The summed E-state index contributed by atoms with van der Waals surface area (Å²) in [7, 11) is 0. The zero-order valence-corrected chi connectivity index (χ0v) is 13.0. The van der Waals surface area contributed by atoms with E-state index in [4.69, 9.17) is 34.8 Å². The molecule has 0 fully saturated rings. The molecule has 1 heterocycles. The zero-order valence-electron chi connectivity index (χ0n) is 10.7. The van der Waals surface area contributed by atoms with Crippen LogP contribution in [0.2, 0.25) is 10.0 Å². The Hall–Kier alpha value is -1.22. The fraction of sp³-hybridized carbons (Fsp3) is 0.133. The number of rotatable bonds is 2. The highest BCUT2D eigenvalue weighted by Crippen LogP contribution is 2.29. The second kappa shape index (κ2) is 5.28. The third-order valence-corrected chi connectivity index (χ3v) is 3.94. The van der Waals surface area contributed by atoms with Crippen molar-refractivity contribution in [2.75, 3.05) is 0 Å². The molecule has 0 unspecified atom stereocenters. The van der Waals surface area contributed by atoms with Gasteiger partial charge in [-0.05, 0) is 42.8 Å². The van der Waals surface area contributed by atoms with Crippen molar-refractivity contribution in [3.63, 3.8) is 0 Å². The van der Waals surface area contributed by atoms with Gasteiger partial charge in [-0.1, -0.05) is 29.3 Å². The van der Waals surface area contributed by atoms with Gasteiger partial charge in [0.15, 0.2) is 0 Å². The predicted octanol–water partition coefficient (Wildman–Crippen LogP) is 5.38. The monoisotopic (exact) mass is 324 g/mol. The second-order valence-corrected chi connectivity index (χ2v) is 5.70. The van der Waals surface area contributed by atoms with Gasteiger partial charge in [-0.15, -0.1) is 11.6 Å². The maximum Gasteiger partial charge on any atom is 0.129 e. The van der Waals surface area contributed by atoms with Crippen LogP contribution in [0.25, 0.3) is 16.7 Å². The van der Waals surface area contributed by atoms with Crippen LogP contribution in [0.4, 0.5) is 0 Å². The molecule has 5 heteroatoms. The van der Waals surface area contributed by atoms with E-state index in [1.54, 1.807) is 0 Å². The van der Waals surface area contributed by atoms with Crippen LogP contribution in [0.15, 0.2) is 36.4 Å². The van der Waals surface area contributed by atoms with Gasteiger partial charge in [0.05, 0.1) is 27.6 Å². The maximum absolute atomic E-state index is 6.33. The molecule has 0 spiro atoms. The van der Waals surface area contributed by atoms with Crippen LogP contribution in [-0.2, 0) is 5.88 Å². The van der Waals surface area contributed by atoms with Crippen LogP contribution in [0, 0.1) is 6.92 Å². The van der Waals surface area contributed by atoms with Gasteiger partial charge in [0, 0.05) is 5.02 Å². The first kappa shape index (κ1) is 13.7. The molecule has 0 bridgehead atoms. The minimum absolute atomic E-state index is 0.302. The summed E-state index contributed by atoms with van der Waals surface area (Å²) in [5.74, 6) is 1.05.